The summed E-state index contributed by atoms with van der Waals surface area (Å²) in [5.74, 6) is 0.445. The Morgan fingerprint density at radius 1 is 1.47 bits per heavy atom. The highest BCUT2D eigenvalue weighted by Crippen LogP contribution is 2.21. The van der Waals surface area contributed by atoms with Crippen LogP contribution in [0.1, 0.15) is 25.1 Å². The second-order valence-electron chi connectivity index (χ2n) is 4.73. The predicted molar refractivity (Wildman–Crippen MR) is 76.5 cm³/mol. The van der Waals surface area contributed by atoms with Gasteiger partial charge in [0.05, 0.1) is 6.42 Å². The summed E-state index contributed by atoms with van der Waals surface area (Å²) < 4.78 is 22.4. The molecule has 19 heavy (non-hydrogen) atoms. The summed E-state index contributed by atoms with van der Waals surface area (Å²) in [6.45, 7) is 4.89. The van der Waals surface area contributed by atoms with Crippen molar-refractivity contribution in [3.8, 4) is 0 Å². The topological polar surface area (TPSA) is 80.5 Å². The standard InChI is InChI=1S/C12H20N2O3S2/c1-4-9(2)8-14(3)11(15)7-10-5-6-12(18-10)19(13,16)17/h5-6,9H,4,7-8H2,1-3H3,(H2,13,16,17). The van der Waals surface area contributed by atoms with Crippen LogP contribution in [0.4, 0.5) is 0 Å². The lowest BCUT2D eigenvalue weighted by molar-refractivity contribution is -0.129. The zero-order valence-electron chi connectivity index (χ0n) is 11.4. The molecule has 1 unspecified atom stereocenters. The van der Waals surface area contributed by atoms with Gasteiger partial charge in [0, 0.05) is 18.5 Å². The Labute approximate surface area is 118 Å². The first-order valence-electron chi connectivity index (χ1n) is 6.09. The first-order chi connectivity index (χ1) is 8.74. The molecule has 0 saturated carbocycles. The normalized spacial score (nSPS) is 13.3. The van der Waals surface area contributed by atoms with Gasteiger partial charge in [-0.15, -0.1) is 11.3 Å². The monoisotopic (exact) mass is 304 g/mol. The van der Waals surface area contributed by atoms with Gasteiger partial charge >= 0.3 is 0 Å². The molecule has 0 aliphatic carbocycles. The van der Waals surface area contributed by atoms with Crippen LogP contribution in [-0.2, 0) is 21.2 Å². The van der Waals surface area contributed by atoms with Crippen LogP contribution < -0.4 is 5.14 Å². The number of rotatable bonds is 6. The zero-order valence-corrected chi connectivity index (χ0v) is 13.1. The Kier molecular flexibility index (Phi) is 5.51. The van der Waals surface area contributed by atoms with Crippen LogP contribution in [0.15, 0.2) is 16.3 Å². The highest BCUT2D eigenvalue weighted by Gasteiger charge is 2.16. The van der Waals surface area contributed by atoms with Gasteiger partial charge in [-0.3, -0.25) is 4.79 Å². The third-order valence-electron chi connectivity index (χ3n) is 2.95. The van der Waals surface area contributed by atoms with Crippen molar-refractivity contribution in [2.24, 2.45) is 11.1 Å². The van der Waals surface area contributed by atoms with E-state index in [2.05, 4.69) is 13.8 Å². The maximum Gasteiger partial charge on any atom is 0.247 e. The van der Waals surface area contributed by atoms with Crippen molar-refractivity contribution in [3.63, 3.8) is 0 Å². The number of primary sulfonamides is 1. The van der Waals surface area contributed by atoms with Crippen LogP contribution in [-0.4, -0.2) is 32.8 Å². The second-order valence-corrected chi connectivity index (χ2v) is 7.69. The third-order valence-corrected chi connectivity index (χ3v) is 5.47. The first-order valence-corrected chi connectivity index (χ1v) is 8.45. The van der Waals surface area contributed by atoms with Gasteiger partial charge in [0.25, 0.3) is 0 Å². The smallest absolute Gasteiger partial charge is 0.247 e. The highest BCUT2D eigenvalue weighted by molar-refractivity contribution is 7.91. The fraction of sp³-hybridized carbons (Fsp3) is 0.583. The van der Waals surface area contributed by atoms with Gasteiger partial charge < -0.3 is 4.90 Å². The minimum Gasteiger partial charge on any atom is -0.345 e. The largest absolute Gasteiger partial charge is 0.345 e. The summed E-state index contributed by atoms with van der Waals surface area (Å²) in [5, 5.41) is 5.03. The molecule has 0 bridgehead atoms. The molecular formula is C12H20N2O3S2. The van der Waals surface area contributed by atoms with Gasteiger partial charge in [-0.1, -0.05) is 20.3 Å². The number of nitrogens with zero attached hydrogens (tertiary/aromatic N) is 1. The molecule has 1 aromatic rings. The minimum absolute atomic E-state index is 0.0110. The third kappa shape index (κ3) is 4.93. The summed E-state index contributed by atoms with van der Waals surface area (Å²) in [6, 6.07) is 3.08. The average molecular weight is 304 g/mol. The number of amides is 1. The molecule has 0 aromatic carbocycles. The van der Waals surface area contributed by atoms with Gasteiger partial charge in [-0.05, 0) is 18.1 Å². The van der Waals surface area contributed by atoms with E-state index >= 15 is 0 Å². The van der Waals surface area contributed by atoms with Crippen molar-refractivity contribution in [1.29, 1.82) is 0 Å². The lowest BCUT2D eigenvalue weighted by Gasteiger charge is -2.20. The van der Waals surface area contributed by atoms with Gasteiger partial charge in [0.15, 0.2) is 0 Å². The van der Waals surface area contributed by atoms with Crippen LogP contribution in [0, 0.1) is 5.92 Å². The fourth-order valence-corrected chi connectivity index (χ4v) is 3.36. The van der Waals surface area contributed by atoms with Gasteiger partial charge in [0.1, 0.15) is 4.21 Å². The molecule has 0 radical (unpaired) electrons. The van der Waals surface area contributed by atoms with Crippen LogP contribution in [0.3, 0.4) is 0 Å². The molecule has 1 heterocycles. The SMILES string of the molecule is CCC(C)CN(C)C(=O)Cc1ccc(S(N)(=O)=O)s1. The maximum absolute atomic E-state index is 12.0. The Morgan fingerprint density at radius 2 is 2.11 bits per heavy atom. The van der Waals surface area contributed by atoms with Crippen molar-refractivity contribution in [2.45, 2.75) is 30.9 Å². The maximum atomic E-state index is 12.0. The van der Waals surface area contributed by atoms with E-state index in [4.69, 9.17) is 5.14 Å². The molecule has 1 atom stereocenters. The van der Waals surface area contributed by atoms with Gasteiger partial charge in [0.2, 0.25) is 15.9 Å². The van der Waals surface area contributed by atoms with Gasteiger partial charge in [-0.25, -0.2) is 13.6 Å². The molecule has 0 fully saturated rings. The van der Waals surface area contributed by atoms with Gasteiger partial charge in [-0.2, -0.15) is 0 Å². The molecule has 0 aliphatic rings. The number of carbonyl (C=O) groups is 1. The van der Waals surface area contributed by atoms with E-state index in [1.54, 1.807) is 18.0 Å². The predicted octanol–water partition coefficient (Wildman–Crippen LogP) is 1.44. The van der Waals surface area contributed by atoms with E-state index < -0.39 is 10.0 Å². The molecule has 2 N–H and O–H groups in total. The van der Waals surface area contributed by atoms with E-state index in [1.165, 1.54) is 6.07 Å². The van der Waals surface area contributed by atoms with E-state index in [-0.39, 0.29) is 16.5 Å². The first kappa shape index (κ1) is 16.1. The van der Waals surface area contributed by atoms with E-state index in [1.807, 2.05) is 0 Å². The zero-order chi connectivity index (χ0) is 14.6. The Bertz CT molecular complexity index is 537. The summed E-state index contributed by atoms with van der Waals surface area (Å²) in [4.78, 5) is 14.4. The van der Waals surface area contributed by atoms with Crippen molar-refractivity contribution < 1.29 is 13.2 Å². The molecule has 7 heteroatoms. The second kappa shape index (κ2) is 6.49. The summed E-state index contributed by atoms with van der Waals surface area (Å²) >= 11 is 1.05. The molecule has 5 nitrogen and oxygen atoms in total. The Hall–Kier alpha value is -0.920. The minimum atomic E-state index is -3.67. The number of nitrogens with two attached hydrogens (primary N) is 1. The molecule has 1 rings (SSSR count). The Balaban J connectivity index is 2.65. The lowest BCUT2D eigenvalue weighted by atomic mass is 10.1. The van der Waals surface area contributed by atoms with E-state index in [0.717, 1.165) is 17.8 Å². The van der Waals surface area contributed by atoms with Crippen LogP contribution in [0.25, 0.3) is 0 Å². The molecule has 1 amide bonds. The van der Waals surface area contributed by atoms with Crippen LogP contribution >= 0.6 is 11.3 Å². The fourth-order valence-electron chi connectivity index (χ4n) is 1.59. The Morgan fingerprint density at radius 3 is 2.58 bits per heavy atom. The lowest BCUT2D eigenvalue weighted by Crippen LogP contribution is -2.31. The molecule has 1 aromatic heterocycles. The summed E-state index contributed by atoms with van der Waals surface area (Å²) in [7, 11) is -1.90. The van der Waals surface area contributed by atoms with E-state index in [9.17, 15) is 13.2 Å². The van der Waals surface area contributed by atoms with E-state index in [0.29, 0.717) is 17.3 Å². The molecule has 0 spiro atoms. The van der Waals surface area contributed by atoms with Crippen LogP contribution in [0.2, 0.25) is 0 Å². The summed E-state index contributed by atoms with van der Waals surface area (Å²) in [5.41, 5.74) is 0. The molecule has 0 aliphatic heterocycles. The quantitative estimate of drug-likeness (QED) is 0.863. The molecular weight excluding hydrogens is 284 g/mol. The average Bonchev–Trinajstić information content (AvgIpc) is 2.76. The molecule has 108 valence electrons. The number of hydrogen-bond acceptors (Lipinski definition) is 4. The number of sulfonamides is 1. The van der Waals surface area contributed by atoms with Crippen molar-refractivity contribution >= 4 is 27.3 Å². The van der Waals surface area contributed by atoms with Crippen molar-refractivity contribution in [2.75, 3.05) is 13.6 Å². The number of carbonyl (C=O) groups excluding carboxylic acids is 1. The summed E-state index contributed by atoms with van der Waals surface area (Å²) in [6.07, 6.45) is 1.24. The number of thiophene rings is 1. The molecule has 0 saturated heterocycles. The highest BCUT2D eigenvalue weighted by atomic mass is 32.2. The number of hydrogen-bond donors (Lipinski definition) is 1. The van der Waals surface area contributed by atoms with Crippen molar-refractivity contribution in [1.82, 2.24) is 4.90 Å². The number of likely N-dealkylation sites (N-methyl/N-ethyl adjacent to an activating group) is 1. The van der Waals surface area contributed by atoms with Crippen LogP contribution in [0.5, 0.6) is 0 Å². The van der Waals surface area contributed by atoms with Crippen molar-refractivity contribution in [3.05, 3.63) is 17.0 Å².